The summed E-state index contributed by atoms with van der Waals surface area (Å²) < 4.78 is 1.16. The normalized spacial score (nSPS) is 19.5. The Hall–Kier alpha value is -2.58. The number of carbonyl (C=O) groups excluding carboxylic acids is 1. The number of hydrogen-bond acceptors (Lipinski definition) is 6. The maximum atomic E-state index is 12.9. The van der Waals surface area contributed by atoms with E-state index in [9.17, 15) is 9.59 Å². The zero-order valence-electron chi connectivity index (χ0n) is 17.8. The third-order valence-corrected chi connectivity index (χ3v) is 7.43. The molecule has 162 valence electrons. The number of carbonyl (C=O) groups is 1. The fourth-order valence-corrected chi connectivity index (χ4v) is 5.57. The second-order valence-electron chi connectivity index (χ2n) is 8.62. The highest BCUT2D eigenvalue weighted by atomic mass is 32.1. The van der Waals surface area contributed by atoms with Crippen LogP contribution < -0.4 is 5.56 Å². The van der Waals surface area contributed by atoms with Crippen molar-refractivity contribution in [3.8, 4) is 0 Å². The largest absolute Gasteiger partial charge is 0.342 e. The second kappa shape index (κ2) is 8.51. The van der Waals surface area contributed by atoms with Crippen LogP contribution >= 0.6 is 11.3 Å². The van der Waals surface area contributed by atoms with E-state index in [1.165, 1.54) is 0 Å². The van der Waals surface area contributed by atoms with Gasteiger partial charge in [-0.3, -0.25) is 9.59 Å². The van der Waals surface area contributed by atoms with E-state index in [1.54, 1.807) is 11.3 Å². The smallest absolute Gasteiger partial charge is 0.255 e. The van der Waals surface area contributed by atoms with Crippen molar-refractivity contribution >= 4 is 27.5 Å². The number of nitrogens with zero attached hydrogens (tertiary/aromatic N) is 4. The molecule has 0 unspecified atom stereocenters. The van der Waals surface area contributed by atoms with E-state index in [0.717, 1.165) is 64.7 Å². The van der Waals surface area contributed by atoms with Gasteiger partial charge in [-0.1, -0.05) is 12.1 Å². The molecule has 1 N–H and O–H groups in total. The average Bonchev–Trinajstić information content (AvgIpc) is 3.21. The molecule has 0 saturated carbocycles. The van der Waals surface area contributed by atoms with Crippen LogP contribution in [0, 0.1) is 0 Å². The Morgan fingerprint density at radius 3 is 3.00 bits per heavy atom. The number of hydrogen-bond donors (Lipinski definition) is 1. The lowest BCUT2D eigenvalue weighted by molar-refractivity contribution is -0.132. The maximum Gasteiger partial charge on any atom is 0.255 e. The summed E-state index contributed by atoms with van der Waals surface area (Å²) in [5, 5.41) is 1.01. The third kappa shape index (κ3) is 4.27. The first-order chi connectivity index (χ1) is 15.1. The van der Waals surface area contributed by atoms with Gasteiger partial charge >= 0.3 is 0 Å². The number of likely N-dealkylation sites (tertiary alicyclic amines) is 1. The summed E-state index contributed by atoms with van der Waals surface area (Å²) in [5.41, 5.74) is 2.70. The summed E-state index contributed by atoms with van der Waals surface area (Å²) in [6, 6.07) is 8.08. The van der Waals surface area contributed by atoms with Crippen LogP contribution in [0.5, 0.6) is 0 Å². The summed E-state index contributed by atoms with van der Waals surface area (Å²) in [4.78, 5) is 42.1. The molecule has 0 aliphatic carbocycles. The number of likely N-dealkylation sites (N-methyl/N-ethyl adjacent to an activating group) is 1. The van der Waals surface area contributed by atoms with Crippen molar-refractivity contribution < 1.29 is 4.79 Å². The number of amides is 1. The Morgan fingerprint density at radius 1 is 1.26 bits per heavy atom. The van der Waals surface area contributed by atoms with Crippen LogP contribution in [0.4, 0.5) is 0 Å². The molecule has 4 heterocycles. The van der Waals surface area contributed by atoms with Gasteiger partial charge in [0.1, 0.15) is 5.82 Å². The molecule has 1 saturated heterocycles. The Bertz CT molecular complexity index is 1140. The molecule has 0 radical (unpaired) electrons. The average molecular weight is 438 g/mol. The quantitative estimate of drug-likeness (QED) is 0.679. The zero-order chi connectivity index (χ0) is 21.4. The number of aromatic amines is 1. The number of nitrogens with one attached hydrogen (secondary N) is 1. The zero-order valence-corrected chi connectivity index (χ0v) is 18.6. The van der Waals surface area contributed by atoms with Crippen LogP contribution in [0.2, 0.25) is 0 Å². The minimum atomic E-state index is -0.0224. The van der Waals surface area contributed by atoms with E-state index < -0.39 is 0 Å². The van der Waals surface area contributed by atoms with Gasteiger partial charge in [-0.25, -0.2) is 9.97 Å². The molecule has 2 aliphatic rings. The first kappa shape index (κ1) is 20.3. The van der Waals surface area contributed by atoms with Gasteiger partial charge in [-0.15, -0.1) is 11.3 Å². The van der Waals surface area contributed by atoms with Gasteiger partial charge in [0.2, 0.25) is 5.91 Å². The van der Waals surface area contributed by atoms with Gasteiger partial charge in [0, 0.05) is 51.4 Å². The molecule has 7 nitrogen and oxygen atoms in total. The Balaban J connectivity index is 1.25. The van der Waals surface area contributed by atoms with Gasteiger partial charge in [-0.05, 0) is 32.0 Å². The van der Waals surface area contributed by atoms with E-state index in [-0.39, 0.29) is 17.4 Å². The summed E-state index contributed by atoms with van der Waals surface area (Å²) >= 11 is 1.66. The molecule has 1 amide bonds. The van der Waals surface area contributed by atoms with Gasteiger partial charge < -0.3 is 14.8 Å². The molecule has 0 spiro atoms. The van der Waals surface area contributed by atoms with Crippen molar-refractivity contribution in [2.45, 2.75) is 44.6 Å². The second-order valence-corrected chi connectivity index (χ2v) is 9.73. The minimum absolute atomic E-state index is 0.0224. The Kier molecular flexibility index (Phi) is 5.58. The van der Waals surface area contributed by atoms with E-state index in [2.05, 4.69) is 20.9 Å². The molecule has 8 heteroatoms. The first-order valence-electron chi connectivity index (χ1n) is 11.0. The summed E-state index contributed by atoms with van der Waals surface area (Å²) in [6.45, 7) is 2.97. The van der Waals surface area contributed by atoms with Crippen molar-refractivity contribution in [2.75, 3.05) is 26.7 Å². The van der Waals surface area contributed by atoms with Crippen molar-refractivity contribution in [2.24, 2.45) is 0 Å². The lowest BCUT2D eigenvalue weighted by Crippen LogP contribution is -2.41. The predicted molar refractivity (Wildman–Crippen MR) is 121 cm³/mol. The van der Waals surface area contributed by atoms with Crippen LogP contribution in [0.1, 0.15) is 47.3 Å². The monoisotopic (exact) mass is 437 g/mol. The number of benzene rings is 1. The van der Waals surface area contributed by atoms with E-state index in [0.29, 0.717) is 25.9 Å². The van der Waals surface area contributed by atoms with Crippen molar-refractivity contribution in [3.63, 3.8) is 0 Å². The lowest BCUT2D eigenvalue weighted by atomic mass is 9.96. The number of rotatable bonds is 4. The highest BCUT2D eigenvalue weighted by Crippen LogP contribution is 2.27. The van der Waals surface area contributed by atoms with Crippen LogP contribution in [0.15, 0.2) is 29.1 Å². The number of thiazole rings is 1. The third-order valence-electron chi connectivity index (χ3n) is 6.33. The number of aryl methyl sites for hydroxylation is 1. The predicted octanol–water partition coefficient (Wildman–Crippen LogP) is 2.71. The molecule has 2 aromatic heterocycles. The number of fused-ring (bicyclic) bond motifs is 2. The Labute approximate surface area is 185 Å². The van der Waals surface area contributed by atoms with E-state index in [1.807, 2.05) is 30.1 Å². The molecule has 1 aromatic carbocycles. The lowest BCUT2D eigenvalue weighted by Gasteiger charge is -2.33. The highest BCUT2D eigenvalue weighted by molar-refractivity contribution is 7.18. The maximum absolute atomic E-state index is 12.9. The number of para-hydroxylation sites is 1. The van der Waals surface area contributed by atoms with Crippen molar-refractivity contribution in [1.82, 2.24) is 24.8 Å². The van der Waals surface area contributed by atoms with E-state index >= 15 is 0 Å². The van der Waals surface area contributed by atoms with Crippen LogP contribution in [0.25, 0.3) is 10.2 Å². The van der Waals surface area contributed by atoms with Gasteiger partial charge in [0.25, 0.3) is 5.56 Å². The van der Waals surface area contributed by atoms with Gasteiger partial charge in [0.05, 0.1) is 26.5 Å². The fraction of sp³-hybridized carbons (Fsp3) is 0.478. The molecule has 31 heavy (non-hydrogen) atoms. The number of aromatic nitrogens is 3. The Morgan fingerprint density at radius 2 is 2.13 bits per heavy atom. The molecule has 5 rings (SSSR count). The minimum Gasteiger partial charge on any atom is -0.342 e. The molecule has 2 aliphatic heterocycles. The molecule has 1 fully saturated rings. The summed E-state index contributed by atoms with van der Waals surface area (Å²) in [5.74, 6) is 1.00. The van der Waals surface area contributed by atoms with Crippen molar-refractivity contribution in [3.05, 3.63) is 56.7 Å². The van der Waals surface area contributed by atoms with E-state index in [4.69, 9.17) is 4.98 Å². The topological polar surface area (TPSA) is 82.2 Å². The first-order valence-corrected chi connectivity index (χ1v) is 11.8. The molecular weight excluding hydrogens is 410 g/mol. The fourth-order valence-electron chi connectivity index (χ4n) is 4.60. The summed E-state index contributed by atoms with van der Waals surface area (Å²) in [7, 11) is 2.02. The molecule has 1 atom stereocenters. The van der Waals surface area contributed by atoms with Crippen molar-refractivity contribution in [1.29, 1.82) is 0 Å². The molecule has 0 bridgehead atoms. The summed E-state index contributed by atoms with van der Waals surface area (Å²) in [6.07, 6.45) is 3.82. The van der Waals surface area contributed by atoms with Crippen LogP contribution in [-0.2, 0) is 24.2 Å². The molecule has 3 aromatic rings. The SMILES string of the molecule is CN1CCc2nc([C@H]3CCCN(C(=O)CCc4nc5ccccc5s4)C3)[nH]c(=O)c2C1. The number of H-pyrrole nitrogens is 1. The highest BCUT2D eigenvalue weighted by Gasteiger charge is 2.28. The van der Waals surface area contributed by atoms with Crippen LogP contribution in [-0.4, -0.2) is 57.3 Å². The van der Waals surface area contributed by atoms with Crippen LogP contribution in [0.3, 0.4) is 0 Å². The van der Waals surface area contributed by atoms with Gasteiger partial charge in [-0.2, -0.15) is 0 Å². The van der Waals surface area contributed by atoms with Gasteiger partial charge in [0.15, 0.2) is 0 Å². The number of piperidine rings is 1. The molecular formula is C23H27N5O2S. The standard InChI is InChI=1S/C23H27N5O2S/c1-27-12-10-17-16(14-27)23(30)26-22(25-17)15-5-4-11-28(13-15)21(29)9-8-20-24-18-6-2-3-7-19(18)31-20/h2-3,6-7,15H,4-5,8-14H2,1H3,(H,25,26,30)/t15-/m0/s1.